The fraction of sp³-hybridized carbons (Fsp3) is 0.364. The minimum atomic E-state index is -1.52. The normalized spacial score (nSPS) is 14.2. The van der Waals surface area contributed by atoms with Crippen molar-refractivity contribution in [3.63, 3.8) is 0 Å². The molecule has 4 nitrogen and oxygen atoms in total. The van der Waals surface area contributed by atoms with Crippen LogP contribution >= 0.6 is 0 Å². The van der Waals surface area contributed by atoms with Crippen LogP contribution in [0.2, 0.25) is 0 Å². The molecule has 84 valence electrons. The van der Waals surface area contributed by atoms with Gasteiger partial charge in [0.05, 0.1) is 0 Å². The van der Waals surface area contributed by atoms with Gasteiger partial charge in [-0.25, -0.2) is 0 Å². The first kappa shape index (κ1) is 11.2. The topological polar surface area (TPSA) is 60.8 Å². The van der Waals surface area contributed by atoms with E-state index in [1.807, 2.05) is 6.92 Å². The quantitative estimate of drug-likeness (QED) is 0.688. The van der Waals surface area contributed by atoms with E-state index in [4.69, 9.17) is 10.0 Å². The van der Waals surface area contributed by atoms with Gasteiger partial charge < -0.3 is 14.9 Å². The van der Waals surface area contributed by atoms with Gasteiger partial charge in [0, 0.05) is 18.7 Å². The molecule has 0 aromatic heterocycles. The summed E-state index contributed by atoms with van der Waals surface area (Å²) in [5.41, 5.74) is 1.92. The molecule has 1 amide bonds. The van der Waals surface area contributed by atoms with Gasteiger partial charge in [-0.1, -0.05) is 19.1 Å². The van der Waals surface area contributed by atoms with Gasteiger partial charge in [0.2, 0.25) is 0 Å². The average Bonchev–Trinajstić information content (AvgIpc) is 2.56. The zero-order valence-corrected chi connectivity index (χ0v) is 9.18. The van der Waals surface area contributed by atoms with E-state index >= 15 is 0 Å². The van der Waals surface area contributed by atoms with Gasteiger partial charge in [0.15, 0.2) is 0 Å². The van der Waals surface area contributed by atoms with E-state index in [1.54, 1.807) is 23.1 Å². The van der Waals surface area contributed by atoms with Crippen molar-refractivity contribution >= 4 is 18.5 Å². The fourth-order valence-corrected chi connectivity index (χ4v) is 1.99. The lowest BCUT2D eigenvalue weighted by atomic mass is 9.79. The van der Waals surface area contributed by atoms with Crippen molar-refractivity contribution in [3.8, 4) is 0 Å². The highest BCUT2D eigenvalue weighted by Crippen LogP contribution is 2.21. The molecule has 0 bridgehead atoms. The summed E-state index contributed by atoms with van der Waals surface area (Å²) >= 11 is 0. The minimum Gasteiger partial charge on any atom is -0.423 e. The Labute approximate surface area is 94.7 Å². The van der Waals surface area contributed by atoms with E-state index in [0.717, 1.165) is 18.5 Å². The molecule has 2 rings (SSSR count). The van der Waals surface area contributed by atoms with E-state index in [9.17, 15) is 4.79 Å². The molecule has 0 unspecified atom stereocenters. The van der Waals surface area contributed by atoms with Crippen molar-refractivity contribution in [2.45, 2.75) is 19.9 Å². The molecule has 0 aliphatic carbocycles. The molecule has 1 aromatic rings. The molecule has 0 saturated carbocycles. The number of benzene rings is 1. The first-order valence-electron chi connectivity index (χ1n) is 5.41. The molecular weight excluding hydrogens is 205 g/mol. The Bertz CT molecular complexity index is 420. The first-order chi connectivity index (χ1) is 7.63. The maximum Gasteiger partial charge on any atom is 0.488 e. The van der Waals surface area contributed by atoms with Gasteiger partial charge in [-0.15, -0.1) is 0 Å². The number of carbonyl (C=O) groups is 1. The third-order valence-electron chi connectivity index (χ3n) is 2.80. The van der Waals surface area contributed by atoms with Crippen LogP contribution in [-0.2, 0) is 6.54 Å². The molecule has 1 aliphatic heterocycles. The molecule has 2 N–H and O–H groups in total. The zero-order chi connectivity index (χ0) is 11.7. The number of amides is 1. The van der Waals surface area contributed by atoms with Crippen LogP contribution in [0.5, 0.6) is 0 Å². The maximum absolute atomic E-state index is 11.9. The summed E-state index contributed by atoms with van der Waals surface area (Å²) in [4.78, 5) is 13.7. The van der Waals surface area contributed by atoms with Crippen LogP contribution in [-0.4, -0.2) is 34.5 Å². The largest absolute Gasteiger partial charge is 0.488 e. The molecular formula is C11H14BNO3. The molecule has 0 atom stereocenters. The highest BCUT2D eigenvalue weighted by atomic mass is 16.4. The maximum atomic E-state index is 11.9. The monoisotopic (exact) mass is 219 g/mol. The van der Waals surface area contributed by atoms with Crippen molar-refractivity contribution < 1.29 is 14.8 Å². The number of rotatable bonds is 3. The molecule has 0 fully saturated rings. The Morgan fingerprint density at radius 2 is 2.19 bits per heavy atom. The van der Waals surface area contributed by atoms with Crippen LogP contribution in [0.4, 0.5) is 0 Å². The van der Waals surface area contributed by atoms with Crippen molar-refractivity contribution in [1.29, 1.82) is 0 Å². The summed E-state index contributed by atoms with van der Waals surface area (Å²) in [5.74, 6) is -0.0145. The van der Waals surface area contributed by atoms with Gasteiger partial charge in [0.25, 0.3) is 5.91 Å². The predicted molar refractivity (Wildman–Crippen MR) is 61.3 cm³/mol. The Kier molecular flexibility index (Phi) is 2.98. The van der Waals surface area contributed by atoms with E-state index in [-0.39, 0.29) is 5.91 Å². The number of carbonyl (C=O) groups excluding carboxylic acids is 1. The second kappa shape index (κ2) is 4.27. The highest BCUT2D eigenvalue weighted by molar-refractivity contribution is 6.58. The third-order valence-corrected chi connectivity index (χ3v) is 2.80. The van der Waals surface area contributed by atoms with Crippen LogP contribution < -0.4 is 5.46 Å². The number of hydrogen-bond acceptors (Lipinski definition) is 3. The summed E-state index contributed by atoms with van der Waals surface area (Å²) in [7, 11) is -1.52. The van der Waals surface area contributed by atoms with Crippen LogP contribution in [0.25, 0.3) is 0 Å². The Hall–Kier alpha value is -1.33. The lowest BCUT2D eigenvalue weighted by molar-refractivity contribution is 0.0778. The third kappa shape index (κ3) is 1.84. The molecule has 1 aliphatic rings. The Morgan fingerprint density at radius 3 is 2.81 bits per heavy atom. The van der Waals surface area contributed by atoms with Crippen LogP contribution in [0.15, 0.2) is 18.2 Å². The first-order valence-corrected chi connectivity index (χ1v) is 5.41. The van der Waals surface area contributed by atoms with Crippen LogP contribution in [0.1, 0.15) is 29.3 Å². The second-order valence-corrected chi connectivity index (χ2v) is 4.02. The Morgan fingerprint density at radius 1 is 1.44 bits per heavy atom. The Balaban J connectivity index is 2.30. The molecule has 0 radical (unpaired) electrons. The van der Waals surface area contributed by atoms with Crippen molar-refractivity contribution in [2.75, 3.05) is 6.54 Å². The fourth-order valence-electron chi connectivity index (χ4n) is 1.99. The summed E-state index contributed by atoms with van der Waals surface area (Å²) in [6, 6.07) is 5.00. The zero-order valence-electron chi connectivity index (χ0n) is 9.18. The molecule has 5 heteroatoms. The van der Waals surface area contributed by atoms with Gasteiger partial charge in [0.1, 0.15) is 0 Å². The van der Waals surface area contributed by atoms with Gasteiger partial charge in [-0.05, 0) is 23.5 Å². The molecule has 0 saturated heterocycles. The number of fused-ring (bicyclic) bond motifs is 1. The summed E-state index contributed by atoms with van der Waals surface area (Å²) < 4.78 is 0. The molecule has 1 heterocycles. The van der Waals surface area contributed by atoms with Crippen molar-refractivity contribution in [1.82, 2.24) is 4.90 Å². The van der Waals surface area contributed by atoms with Gasteiger partial charge >= 0.3 is 7.12 Å². The average molecular weight is 219 g/mol. The van der Waals surface area contributed by atoms with Crippen molar-refractivity contribution in [2.24, 2.45) is 0 Å². The molecule has 1 aromatic carbocycles. The smallest absolute Gasteiger partial charge is 0.423 e. The molecule has 0 spiro atoms. The van der Waals surface area contributed by atoms with Gasteiger partial charge in [-0.2, -0.15) is 0 Å². The van der Waals surface area contributed by atoms with Crippen LogP contribution in [0, 0.1) is 0 Å². The standard InChI is InChI=1S/C11H14BNO3/c1-2-5-13-7-8-3-4-9(12(15)16)6-10(8)11(13)14/h3-4,6,15-16H,2,5,7H2,1H3. The molecule has 16 heavy (non-hydrogen) atoms. The van der Waals surface area contributed by atoms with Gasteiger partial charge in [-0.3, -0.25) is 4.79 Å². The highest BCUT2D eigenvalue weighted by Gasteiger charge is 2.27. The lowest BCUT2D eigenvalue weighted by Gasteiger charge is -2.13. The summed E-state index contributed by atoms with van der Waals surface area (Å²) in [6.07, 6.45) is 0.926. The lowest BCUT2D eigenvalue weighted by Crippen LogP contribution is -2.30. The van der Waals surface area contributed by atoms with E-state index in [0.29, 0.717) is 17.6 Å². The predicted octanol–water partition coefficient (Wildman–Crippen LogP) is -0.268. The summed E-state index contributed by atoms with van der Waals surface area (Å²) in [5, 5.41) is 18.1. The van der Waals surface area contributed by atoms with Crippen LogP contribution in [0.3, 0.4) is 0 Å². The van der Waals surface area contributed by atoms with E-state index in [2.05, 4.69) is 0 Å². The van der Waals surface area contributed by atoms with Crippen molar-refractivity contribution in [3.05, 3.63) is 29.3 Å². The minimum absolute atomic E-state index is 0.0145. The summed E-state index contributed by atoms with van der Waals surface area (Å²) in [6.45, 7) is 3.40. The second-order valence-electron chi connectivity index (χ2n) is 4.02. The van der Waals surface area contributed by atoms with E-state index < -0.39 is 7.12 Å². The van der Waals surface area contributed by atoms with E-state index in [1.165, 1.54) is 0 Å². The SMILES string of the molecule is CCCN1Cc2ccc(B(O)O)cc2C1=O. The number of nitrogens with zero attached hydrogens (tertiary/aromatic N) is 1. The number of hydrogen-bond donors (Lipinski definition) is 2.